The van der Waals surface area contributed by atoms with Crippen molar-refractivity contribution in [3.8, 4) is 11.5 Å². The third-order valence-electron chi connectivity index (χ3n) is 4.87. The number of nitrogens with zero attached hydrogens (tertiary/aromatic N) is 2. The van der Waals surface area contributed by atoms with E-state index >= 15 is 0 Å². The molecule has 1 aromatic heterocycles. The van der Waals surface area contributed by atoms with Gasteiger partial charge < -0.3 is 19.7 Å². The largest absolute Gasteiger partial charge is 0.493 e. The van der Waals surface area contributed by atoms with Crippen molar-refractivity contribution >= 4 is 17.4 Å². The molecule has 0 saturated carbocycles. The van der Waals surface area contributed by atoms with Gasteiger partial charge in [0.05, 0.1) is 25.6 Å². The second kappa shape index (κ2) is 9.97. The normalized spacial score (nSPS) is 13.9. The van der Waals surface area contributed by atoms with E-state index in [2.05, 4.69) is 22.1 Å². The van der Waals surface area contributed by atoms with Gasteiger partial charge in [0, 0.05) is 18.7 Å². The molecule has 0 unspecified atom stereocenters. The molecular formula is C22H29N3O3. The van der Waals surface area contributed by atoms with E-state index in [1.165, 1.54) is 19.3 Å². The van der Waals surface area contributed by atoms with Gasteiger partial charge in [-0.2, -0.15) is 0 Å². The first kappa shape index (κ1) is 20.0. The zero-order valence-electron chi connectivity index (χ0n) is 16.7. The molecule has 150 valence electrons. The monoisotopic (exact) mass is 383 g/mol. The summed E-state index contributed by atoms with van der Waals surface area (Å²) in [4.78, 5) is 19.4. The number of aromatic nitrogens is 1. The third kappa shape index (κ3) is 5.15. The Balaban J connectivity index is 1.63. The molecule has 0 radical (unpaired) electrons. The van der Waals surface area contributed by atoms with Crippen LogP contribution >= 0.6 is 0 Å². The summed E-state index contributed by atoms with van der Waals surface area (Å²) in [6.45, 7) is 4.84. The lowest BCUT2D eigenvalue weighted by molar-refractivity contribution is 0.102. The Labute approximate surface area is 166 Å². The van der Waals surface area contributed by atoms with Crippen LogP contribution < -0.4 is 19.7 Å². The summed E-state index contributed by atoms with van der Waals surface area (Å²) >= 11 is 0. The number of benzene rings is 1. The Hall–Kier alpha value is -2.76. The van der Waals surface area contributed by atoms with Crippen LogP contribution in [0.4, 0.5) is 11.5 Å². The number of pyridine rings is 1. The number of carbonyl (C=O) groups excluding carboxylic acids is 1. The lowest BCUT2D eigenvalue weighted by Crippen LogP contribution is -2.30. The van der Waals surface area contributed by atoms with E-state index in [1.807, 2.05) is 12.1 Å². The van der Waals surface area contributed by atoms with Gasteiger partial charge in [-0.05, 0) is 56.0 Å². The first-order valence-electron chi connectivity index (χ1n) is 10.0. The van der Waals surface area contributed by atoms with Crippen LogP contribution in [-0.2, 0) is 0 Å². The minimum Gasteiger partial charge on any atom is -0.493 e. The quantitative estimate of drug-likeness (QED) is 0.680. The van der Waals surface area contributed by atoms with E-state index in [-0.39, 0.29) is 5.91 Å². The highest BCUT2D eigenvalue weighted by atomic mass is 16.5. The molecule has 1 aliphatic rings. The van der Waals surface area contributed by atoms with Gasteiger partial charge in [-0.25, -0.2) is 4.98 Å². The van der Waals surface area contributed by atoms with Crippen LogP contribution in [0.15, 0.2) is 36.5 Å². The number of carbonyl (C=O) groups is 1. The number of hydrogen-bond acceptors (Lipinski definition) is 5. The molecule has 1 amide bonds. The Kier molecular flexibility index (Phi) is 7.12. The van der Waals surface area contributed by atoms with Gasteiger partial charge in [0.25, 0.3) is 5.91 Å². The minimum absolute atomic E-state index is 0.203. The van der Waals surface area contributed by atoms with Crippen LogP contribution in [0, 0.1) is 0 Å². The summed E-state index contributed by atoms with van der Waals surface area (Å²) in [5.74, 6) is 1.97. The van der Waals surface area contributed by atoms with Crippen molar-refractivity contribution in [2.45, 2.75) is 39.0 Å². The fourth-order valence-corrected chi connectivity index (χ4v) is 3.23. The van der Waals surface area contributed by atoms with E-state index in [0.29, 0.717) is 29.4 Å². The molecule has 2 heterocycles. The minimum atomic E-state index is -0.203. The smallest absolute Gasteiger partial charge is 0.255 e. The number of nitrogens with one attached hydrogen (secondary N) is 1. The third-order valence-corrected chi connectivity index (χ3v) is 4.87. The average molecular weight is 383 g/mol. The molecule has 2 aromatic rings. The van der Waals surface area contributed by atoms with Crippen LogP contribution in [0.2, 0.25) is 0 Å². The molecule has 0 bridgehead atoms. The van der Waals surface area contributed by atoms with Gasteiger partial charge in [-0.15, -0.1) is 0 Å². The number of hydrogen-bond donors (Lipinski definition) is 1. The topological polar surface area (TPSA) is 63.7 Å². The number of methoxy groups -OCH3 is 1. The predicted octanol–water partition coefficient (Wildman–Crippen LogP) is 4.51. The molecule has 1 N–H and O–H groups in total. The van der Waals surface area contributed by atoms with E-state index < -0.39 is 0 Å². The highest BCUT2D eigenvalue weighted by molar-refractivity contribution is 6.04. The number of rotatable bonds is 8. The van der Waals surface area contributed by atoms with Crippen LogP contribution in [-0.4, -0.2) is 37.7 Å². The van der Waals surface area contributed by atoms with E-state index in [0.717, 1.165) is 31.7 Å². The van der Waals surface area contributed by atoms with E-state index in [1.54, 1.807) is 31.5 Å². The van der Waals surface area contributed by atoms with Gasteiger partial charge in [0.2, 0.25) is 0 Å². The van der Waals surface area contributed by atoms with Gasteiger partial charge in [-0.3, -0.25) is 4.79 Å². The second-order valence-electron chi connectivity index (χ2n) is 6.97. The molecule has 0 atom stereocenters. The first-order chi connectivity index (χ1) is 13.7. The molecule has 1 fully saturated rings. The SMILES string of the molecule is CCCCOc1ccc(C(=O)Nc2ccc(N3CCCCC3)nc2)cc1OC. The van der Waals surface area contributed by atoms with Gasteiger partial charge >= 0.3 is 0 Å². The summed E-state index contributed by atoms with van der Waals surface area (Å²) in [7, 11) is 1.58. The molecule has 0 spiro atoms. The number of piperidine rings is 1. The van der Waals surface area contributed by atoms with Crippen LogP contribution in [0.5, 0.6) is 11.5 Å². The second-order valence-corrected chi connectivity index (χ2v) is 6.97. The van der Waals surface area contributed by atoms with Crippen LogP contribution in [0.1, 0.15) is 49.4 Å². The van der Waals surface area contributed by atoms with Crippen molar-refractivity contribution in [2.24, 2.45) is 0 Å². The number of amides is 1. The lowest BCUT2D eigenvalue weighted by atomic mass is 10.1. The Morgan fingerprint density at radius 1 is 1.14 bits per heavy atom. The van der Waals surface area contributed by atoms with Crippen molar-refractivity contribution < 1.29 is 14.3 Å². The van der Waals surface area contributed by atoms with E-state index in [9.17, 15) is 4.79 Å². The zero-order chi connectivity index (χ0) is 19.8. The van der Waals surface area contributed by atoms with Crippen molar-refractivity contribution in [1.82, 2.24) is 4.98 Å². The summed E-state index contributed by atoms with van der Waals surface area (Å²) in [5.41, 5.74) is 1.19. The van der Waals surface area contributed by atoms with Crippen molar-refractivity contribution in [1.29, 1.82) is 0 Å². The summed E-state index contributed by atoms with van der Waals surface area (Å²) in [6.07, 6.45) is 7.46. The first-order valence-corrected chi connectivity index (χ1v) is 10.0. The van der Waals surface area contributed by atoms with Crippen LogP contribution in [0.3, 0.4) is 0 Å². The average Bonchev–Trinajstić information content (AvgIpc) is 2.75. The number of unbranched alkanes of at least 4 members (excludes halogenated alkanes) is 1. The number of anilines is 2. The van der Waals surface area contributed by atoms with Crippen molar-refractivity contribution in [3.63, 3.8) is 0 Å². The van der Waals surface area contributed by atoms with Gasteiger partial charge in [-0.1, -0.05) is 13.3 Å². The molecule has 28 heavy (non-hydrogen) atoms. The van der Waals surface area contributed by atoms with Crippen molar-refractivity contribution in [3.05, 3.63) is 42.1 Å². The molecule has 1 saturated heterocycles. The van der Waals surface area contributed by atoms with Gasteiger partial charge in [0.1, 0.15) is 5.82 Å². The Bertz CT molecular complexity index is 771. The molecule has 6 nitrogen and oxygen atoms in total. The molecule has 0 aliphatic carbocycles. The van der Waals surface area contributed by atoms with E-state index in [4.69, 9.17) is 9.47 Å². The fourth-order valence-electron chi connectivity index (χ4n) is 3.23. The maximum absolute atomic E-state index is 12.6. The highest BCUT2D eigenvalue weighted by Gasteiger charge is 2.14. The predicted molar refractivity (Wildman–Crippen MR) is 112 cm³/mol. The maximum atomic E-state index is 12.6. The van der Waals surface area contributed by atoms with Crippen molar-refractivity contribution in [2.75, 3.05) is 37.0 Å². The maximum Gasteiger partial charge on any atom is 0.255 e. The Morgan fingerprint density at radius 2 is 1.96 bits per heavy atom. The lowest BCUT2D eigenvalue weighted by Gasteiger charge is -2.27. The Morgan fingerprint density at radius 3 is 2.64 bits per heavy atom. The molecule has 6 heteroatoms. The number of ether oxygens (including phenoxy) is 2. The molecule has 1 aromatic carbocycles. The molecular weight excluding hydrogens is 354 g/mol. The zero-order valence-corrected chi connectivity index (χ0v) is 16.7. The standard InChI is InChI=1S/C22H29N3O3/c1-3-4-14-28-19-10-8-17(15-20(19)27-2)22(26)24-18-9-11-21(23-16-18)25-12-6-5-7-13-25/h8-11,15-16H,3-7,12-14H2,1-2H3,(H,24,26). The molecule has 3 rings (SSSR count). The fraction of sp³-hybridized carbons (Fsp3) is 0.455. The highest BCUT2D eigenvalue weighted by Crippen LogP contribution is 2.28. The van der Waals surface area contributed by atoms with Gasteiger partial charge in [0.15, 0.2) is 11.5 Å². The molecule has 1 aliphatic heterocycles. The summed E-state index contributed by atoms with van der Waals surface area (Å²) in [6, 6.07) is 9.09. The summed E-state index contributed by atoms with van der Waals surface area (Å²) in [5, 5.41) is 2.90. The van der Waals surface area contributed by atoms with Crippen LogP contribution in [0.25, 0.3) is 0 Å². The summed E-state index contributed by atoms with van der Waals surface area (Å²) < 4.78 is 11.1.